The van der Waals surface area contributed by atoms with E-state index in [0.29, 0.717) is 11.9 Å². The number of aliphatic hydroxyl groups excluding tert-OH is 1. The maximum Gasteiger partial charge on any atom is 0.220 e. The highest BCUT2D eigenvalue weighted by atomic mass is 16.3. The largest absolute Gasteiger partial charge is 0.393 e. The molecule has 4 fully saturated rings. The van der Waals surface area contributed by atoms with Crippen molar-refractivity contribution in [2.45, 2.75) is 147 Å². The van der Waals surface area contributed by atoms with E-state index in [-0.39, 0.29) is 6.10 Å². The van der Waals surface area contributed by atoms with Crippen LogP contribution >= 0.6 is 0 Å². The molecular weight excluding hydrogens is 382 g/mol. The van der Waals surface area contributed by atoms with Gasteiger partial charge < -0.3 is 10.4 Å². The van der Waals surface area contributed by atoms with Crippen LogP contribution in [0, 0.1) is 23.7 Å². The van der Waals surface area contributed by atoms with E-state index in [0.717, 1.165) is 49.4 Å². The molecule has 1 amide bonds. The molecule has 1 unspecified atom stereocenters. The number of carbonyl (C=O) groups excluding carboxylic acids is 1. The SMILES string of the molecule is CCCCCCC(O)CCCCCCCCCCC(=O)NC1C2CC3CC(C2)CC1C3. The van der Waals surface area contributed by atoms with Gasteiger partial charge in [-0.3, -0.25) is 4.79 Å². The van der Waals surface area contributed by atoms with Crippen molar-refractivity contribution >= 4 is 5.91 Å². The molecule has 3 heteroatoms. The monoisotopic (exact) mass is 433 g/mol. The van der Waals surface area contributed by atoms with Gasteiger partial charge in [0, 0.05) is 12.5 Å². The molecular formula is C28H51NO2. The highest BCUT2D eigenvalue weighted by Gasteiger charge is 2.48. The van der Waals surface area contributed by atoms with Crippen LogP contribution in [0.15, 0.2) is 0 Å². The summed E-state index contributed by atoms with van der Waals surface area (Å²) in [5, 5.41) is 13.5. The van der Waals surface area contributed by atoms with Crippen LogP contribution in [0.25, 0.3) is 0 Å². The van der Waals surface area contributed by atoms with E-state index >= 15 is 0 Å². The number of unbranched alkanes of at least 4 members (excludes halogenated alkanes) is 10. The van der Waals surface area contributed by atoms with E-state index in [9.17, 15) is 9.90 Å². The Morgan fingerprint density at radius 2 is 1.23 bits per heavy atom. The molecule has 4 aliphatic carbocycles. The average molecular weight is 434 g/mol. The molecule has 0 aromatic rings. The number of carbonyl (C=O) groups is 1. The number of hydrogen-bond donors (Lipinski definition) is 2. The van der Waals surface area contributed by atoms with Gasteiger partial charge >= 0.3 is 0 Å². The van der Waals surface area contributed by atoms with Crippen LogP contribution < -0.4 is 5.32 Å². The van der Waals surface area contributed by atoms with Crippen LogP contribution in [0.2, 0.25) is 0 Å². The van der Waals surface area contributed by atoms with Crippen molar-refractivity contribution < 1.29 is 9.90 Å². The van der Waals surface area contributed by atoms with Gasteiger partial charge in [-0.25, -0.2) is 0 Å². The Bertz CT molecular complexity index is 477. The van der Waals surface area contributed by atoms with E-state index in [1.54, 1.807) is 0 Å². The van der Waals surface area contributed by atoms with Gasteiger partial charge in [-0.15, -0.1) is 0 Å². The minimum Gasteiger partial charge on any atom is -0.393 e. The first kappa shape index (κ1) is 25.1. The molecule has 4 bridgehead atoms. The Balaban J connectivity index is 1.10. The molecule has 1 atom stereocenters. The van der Waals surface area contributed by atoms with Gasteiger partial charge in [0.2, 0.25) is 5.91 Å². The highest BCUT2D eigenvalue weighted by Crippen LogP contribution is 2.53. The van der Waals surface area contributed by atoms with Crippen LogP contribution in [0.3, 0.4) is 0 Å². The molecule has 4 aliphatic rings. The van der Waals surface area contributed by atoms with Gasteiger partial charge in [-0.1, -0.05) is 77.6 Å². The summed E-state index contributed by atoms with van der Waals surface area (Å²) in [7, 11) is 0. The van der Waals surface area contributed by atoms with Crippen LogP contribution in [-0.2, 0) is 4.79 Å². The molecule has 0 aromatic carbocycles. The molecule has 0 spiro atoms. The maximum absolute atomic E-state index is 12.5. The van der Waals surface area contributed by atoms with Gasteiger partial charge in [-0.2, -0.15) is 0 Å². The molecule has 0 radical (unpaired) electrons. The number of amides is 1. The summed E-state index contributed by atoms with van der Waals surface area (Å²) < 4.78 is 0. The first-order valence-corrected chi connectivity index (χ1v) is 14.1. The van der Waals surface area contributed by atoms with E-state index < -0.39 is 0 Å². The quantitative estimate of drug-likeness (QED) is 0.239. The molecule has 4 saturated carbocycles. The van der Waals surface area contributed by atoms with Gasteiger partial charge in [-0.05, 0) is 75.0 Å². The minimum atomic E-state index is -0.0677. The second kappa shape index (κ2) is 13.9. The molecule has 0 aliphatic heterocycles. The molecule has 4 rings (SSSR count). The summed E-state index contributed by atoms with van der Waals surface area (Å²) in [6.45, 7) is 2.23. The predicted molar refractivity (Wildman–Crippen MR) is 130 cm³/mol. The second-order valence-corrected chi connectivity index (χ2v) is 11.4. The zero-order valence-electron chi connectivity index (χ0n) is 20.5. The topological polar surface area (TPSA) is 49.3 Å². The molecule has 180 valence electrons. The second-order valence-electron chi connectivity index (χ2n) is 11.4. The first-order chi connectivity index (χ1) is 15.2. The lowest BCUT2D eigenvalue weighted by molar-refractivity contribution is -0.125. The number of aliphatic hydroxyl groups is 1. The van der Waals surface area contributed by atoms with Crippen LogP contribution in [-0.4, -0.2) is 23.2 Å². The standard InChI is InChI=1S/C28H51NO2/c1-2-3-4-11-14-26(30)15-12-9-7-5-6-8-10-13-16-27(31)29-28-24-18-22-17-23(20-24)21-25(28)19-22/h22-26,28,30H,2-21H2,1H3,(H,29,31). The van der Waals surface area contributed by atoms with Crippen molar-refractivity contribution in [3.8, 4) is 0 Å². The summed E-state index contributed by atoms with van der Waals surface area (Å²) in [5.74, 6) is 3.88. The fourth-order valence-electron chi connectivity index (χ4n) is 7.10. The Kier molecular flexibility index (Phi) is 11.2. The summed E-state index contributed by atoms with van der Waals surface area (Å²) in [6.07, 6.45) is 24.6. The van der Waals surface area contributed by atoms with Crippen LogP contribution in [0.5, 0.6) is 0 Å². The molecule has 0 heterocycles. The minimum absolute atomic E-state index is 0.0677. The Morgan fingerprint density at radius 1 is 0.742 bits per heavy atom. The average Bonchev–Trinajstić information content (AvgIpc) is 2.74. The fraction of sp³-hybridized carbons (Fsp3) is 0.964. The third-order valence-electron chi connectivity index (χ3n) is 8.64. The fourth-order valence-corrected chi connectivity index (χ4v) is 7.10. The molecule has 3 nitrogen and oxygen atoms in total. The third kappa shape index (κ3) is 8.71. The molecule has 0 saturated heterocycles. The number of rotatable bonds is 17. The van der Waals surface area contributed by atoms with E-state index in [2.05, 4.69) is 12.2 Å². The summed E-state index contributed by atoms with van der Waals surface area (Å²) in [5.41, 5.74) is 0. The third-order valence-corrected chi connectivity index (χ3v) is 8.64. The number of hydrogen-bond acceptors (Lipinski definition) is 2. The molecule has 0 aromatic heterocycles. The summed E-state index contributed by atoms with van der Waals surface area (Å²) >= 11 is 0. The van der Waals surface area contributed by atoms with Crippen LogP contribution in [0.1, 0.15) is 135 Å². The smallest absolute Gasteiger partial charge is 0.220 e. The lowest BCUT2D eigenvalue weighted by Crippen LogP contribution is -2.55. The Labute approximate surface area is 192 Å². The van der Waals surface area contributed by atoms with Gasteiger partial charge in [0.15, 0.2) is 0 Å². The van der Waals surface area contributed by atoms with E-state index in [1.807, 2.05) is 0 Å². The highest BCUT2D eigenvalue weighted by molar-refractivity contribution is 5.76. The lowest BCUT2D eigenvalue weighted by Gasteiger charge is -2.54. The van der Waals surface area contributed by atoms with Crippen molar-refractivity contribution in [3.05, 3.63) is 0 Å². The lowest BCUT2D eigenvalue weighted by atomic mass is 9.54. The van der Waals surface area contributed by atoms with Gasteiger partial charge in [0.05, 0.1) is 6.10 Å². The zero-order chi connectivity index (χ0) is 21.9. The Hall–Kier alpha value is -0.570. The van der Waals surface area contributed by atoms with Crippen molar-refractivity contribution in [1.29, 1.82) is 0 Å². The first-order valence-electron chi connectivity index (χ1n) is 14.1. The summed E-state index contributed by atoms with van der Waals surface area (Å²) in [6, 6.07) is 0.509. The van der Waals surface area contributed by atoms with Crippen molar-refractivity contribution in [1.82, 2.24) is 5.32 Å². The maximum atomic E-state index is 12.5. The number of nitrogens with one attached hydrogen (secondary N) is 1. The predicted octanol–water partition coefficient (Wildman–Crippen LogP) is 7.16. The summed E-state index contributed by atoms with van der Waals surface area (Å²) in [4.78, 5) is 12.5. The van der Waals surface area contributed by atoms with Crippen molar-refractivity contribution in [2.24, 2.45) is 23.7 Å². The van der Waals surface area contributed by atoms with Crippen LogP contribution in [0.4, 0.5) is 0 Å². The normalized spacial score (nSPS) is 29.9. The van der Waals surface area contributed by atoms with Gasteiger partial charge in [0.1, 0.15) is 0 Å². The molecule has 31 heavy (non-hydrogen) atoms. The van der Waals surface area contributed by atoms with Crippen molar-refractivity contribution in [3.63, 3.8) is 0 Å². The van der Waals surface area contributed by atoms with E-state index in [4.69, 9.17) is 0 Å². The molecule has 2 N–H and O–H groups in total. The Morgan fingerprint density at radius 3 is 1.77 bits per heavy atom. The van der Waals surface area contributed by atoms with Crippen molar-refractivity contribution in [2.75, 3.05) is 0 Å². The zero-order valence-corrected chi connectivity index (χ0v) is 20.5. The van der Waals surface area contributed by atoms with Gasteiger partial charge in [0.25, 0.3) is 0 Å². The van der Waals surface area contributed by atoms with E-state index in [1.165, 1.54) is 103 Å².